The van der Waals surface area contributed by atoms with E-state index in [9.17, 15) is 4.79 Å². The number of nitrogens with zero attached hydrogens (tertiary/aromatic N) is 2. The maximum Gasteiger partial charge on any atom is 0.222 e. The first-order chi connectivity index (χ1) is 10.3. The molecule has 2 fully saturated rings. The van der Waals surface area contributed by atoms with Gasteiger partial charge in [-0.1, -0.05) is 37.3 Å². The number of amides is 1. The number of rotatable bonds is 5. The lowest BCUT2D eigenvalue weighted by atomic mass is 10.0. The fraction of sp³-hybridized carbons (Fsp3) is 0.611. The predicted molar refractivity (Wildman–Crippen MR) is 85.2 cm³/mol. The van der Waals surface area contributed by atoms with Gasteiger partial charge in [0.25, 0.3) is 0 Å². The highest BCUT2D eigenvalue weighted by Gasteiger charge is 2.36. The molecule has 1 saturated heterocycles. The molecule has 0 radical (unpaired) electrons. The highest BCUT2D eigenvalue weighted by molar-refractivity contribution is 5.76. The van der Waals surface area contributed by atoms with Crippen molar-refractivity contribution < 1.29 is 4.79 Å². The molecule has 1 aromatic carbocycles. The number of carbonyl (C=O) groups excluding carboxylic acids is 1. The first-order valence-corrected chi connectivity index (χ1v) is 8.35. The van der Waals surface area contributed by atoms with Gasteiger partial charge in [-0.3, -0.25) is 9.69 Å². The van der Waals surface area contributed by atoms with Crippen LogP contribution in [0.5, 0.6) is 0 Å². The van der Waals surface area contributed by atoms with Gasteiger partial charge in [0.2, 0.25) is 5.91 Å². The number of hydrogen-bond donors (Lipinski definition) is 0. The molecule has 1 atom stereocenters. The number of carbonyl (C=O) groups is 1. The molecule has 0 unspecified atom stereocenters. The fourth-order valence-electron chi connectivity index (χ4n) is 3.40. The Morgan fingerprint density at radius 2 is 1.95 bits per heavy atom. The predicted octanol–water partition coefficient (Wildman–Crippen LogP) is 2.70. The van der Waals surface area contributed by atoms with Crippen molar-refractivity contribution >= 4 is 5.91 Å². The van der Waals surface area contributed by atoms with Crippen molar-refractivity contribution in [2.45, 2.75) is 51.1 Å². The van der Waals surface area contributed by atoms with Crippen LogP contribution in [0.4, 0.5) is 0 Å². The Kier molecular flexibility index (Phi) is 4.59. The molecule has 3 rings (SSSR count). The number of hydrogen-bond acceptors (Lipinski definition) is 2. The maximum atomic E-state index is 12.4. The van der Waals surface area contributed by atoms with Crippen molar-refractivity contribution in [3.8, 4) is 0 Å². The molecule has 1 aromatic rings. The van der Waals surface area contributed by atoms with Gasteiger partial charge in [-0.15, -0.1) is 0 Å². The zero-order chi connectivity index (χ0) is 14.7. The Labute approximate surface area is 127 Å². The first kappa shape index (κ1) is 14.6. The number of benzene rings is 1. The van der Waals surface area contributed by atoms with Gasteiger partial charge < -0.3 is 4.90 Å². The molecule has 0 bridgehead atoms. The Bertz CT molecular complexity index is 469. The van der Waals surface area contributed by atoms with E-state index in [-0.39, 0.29) is 0 Å². The lowest BCUT2D eigenvalue weighted by molar-refractivity contribution is -0.136. The van der Waals surface area contributed by atoms with Gasteiger partial charge in [0.05, 0.1) is 0 Å². The first-order valence-electron chi connectivity index (χ1n) is 8.35. The summed E-state index contributed by atoms with van der Waals surface area (Å²) in [6.45, 7) is 5.11. The number of piperazine rings is 1. The summed E-state index contributed by atoms with van der Waals surface area (Å²) in [5.41, 5.74) is 1.34. The van der Waals surface area contributed by atoms with Crippen LogP contribution in [-0.2, 0) is 11.2 Å². The van der Waals surface area contributed by atoms with Crippen molar-refractivity contribution in [3.05, 3.63) is 35.9 Å². The van der Waals surface area contributed by atoms with Crippen LogP contribution in [0, 0.1) is 0 Å². The van der Waals surface area contributed by atoms with Crippen LogP contribution in [0.25, 0.3) is 0 Å². The van der Waals surface area contributed by atoms with E-state index in [0.717, 1.165) is 38.5 Å². The maximum absolute atomic E-state index is 12.4. The van der Waals surface area contributed by atoms with E-state index in [1.165, 1.54) is 18.4 Å². The molecule has 3 nitrogen and oxygen atoms in total. The molecular weight excluding hydrogens is 260 g/mol. The second-order valence-corrected chi connectivity index (χ2v) is 6.41. The molecule has 1 amide bonds. The van der Waals surface area contributed by atoms with Gasteiger partial charge in [0.1, 0.15) is 0 Å². The van der Waals surface area contributed by atoms with Crippen LogP contribution in [-0.4, -0.2) is 47.4 Å². The quantitative estimate of drug-likeness (QED) is 0.831. The zero-order valence-electron chi connectivity index (χ0n) is 13.0. The second kappa shape index (κ2) is 6.61. The Hall–Kier alpha value is -1.35. The summed E-state index contributed by atoms with van der Waals surface area (Å²) in [6, 6.07) is 11.7. The highest BCUT2D eigenvalue weighted by atomic mass is 16.2. The van der Waals surface area contributed by atoms with Gasteiger partial charge in [0.15, 0.2) is 0 Å². The molecular formula is C18H26N2O. The van der Waals surface area contributed by atoms with E-state index in [1.54, 1.807) is 0 Å². The zero-order valence-corrected chi connectivity index (χ0v) is 13.0. The SMILES string of the molecule is CCCC(=O)N1CCN(C2CC2)C[C@@H]1Cc1ccccc1. The molecule has 114 valence electrons. The van der Waals surface area contributed by atoms with Crippen LogP contribution >= 0.6 is 0 Å². The molecule has 0 spiro atoms. The van der Waals surface area contributed by atoms with Crippen molar-refractivity contribution in [2.75, 3.05) is 19.6 Å². The summed E-state index contributed by atoms with van der Waals surface area (Å²) in [5.74, 6) is 0.342. The molecule has 1 aliphatic carbocycles. The van der Waals surface area contributed by atoms with Crippen LogP contribution in [0.15, 0.2) is 30.3 Å². The lowest BCUT2D eigenvalue weighted by Gasteiger charge is -2.42. The molecule has 21 heavy (non-hydrogen) atoms. The average molecular weight is 286 g/mol. The highest BCUT2D eigenvalue weighted by Crippen LogP contribution is 2.29. The van der Waals surface area contributed by atoms with Gasteiger partial charge in [-0.05, 0) is 31.2 Å². The smallest absolute Gasteiger partial charge is 0.222 e. The van der Waals surface area contributed by atoms with E-state index in [4.69, 9.17) is 0 Å². The third-order valence-corrected chi connectivity index (χ3v) is 4.68. The Morgan fingerprint density at radius 3 is 2.62 bits per heavy atom. The van der Waals surface area contributed by atoms with E-state index in [2.05, 4.69) is 47.1 Å². The van der Waals surface area contributed by atoms with Crippen molar-refractivity contribution in [2.24, 2.45) is 0 Å². The lowest BCUT2D eigenvalue weighted by Crippen LogP contribution is -2.56. The standard InChI is InChI=1S/C18H26N2O/c1-2-6-18(21)20-12-11-19(16-9-10-16)14-17(20)13-15-7-4-3-5-8-15/h3-5,7-8,16-17H,2,6,9-14H2,1H3/t17-/m0/s1. The Morgan fingerprint density at radius 1 is 1.19 bits per heavy atom. The van der Waals surface area contributed by atoms with Crippen LogP contribution in [0.1, 0.15) is 38.2 Å². The van der Waals surface area contributed by atoms with Gasteiger partial charge in [-0.25, -0.2) is 0 Å². The molecule has 0 N–H and O–H groups in total. The third-order valence-electron chi connectivity index (χ3n) is 4.68. The van der Waals surface area contributed by atoms with Crippen LogP contribution < -0.4 is 0 Å². The largest absolute Gasteiger partial charge is 0.337 e. The van der Waals surface area contributed by atoms with Gasteiger partial charge in [0, 0.05) is 38.1 Å². The van der Waals surface area contributed by atoms with Gasteiger partial charge >= 0.3 is 0 Å². The third kappa shape index (κ3) is 3.65. The summed E-state index contributed by atoms with van der Waals surface area (Å²) < 4.78 is 0. The molecule has 1 saturated carbocycles. The van der Waals surface area contributed by atoms with Crippen LogP contribution in [0.3, 0.4) is 0 Å². The summed E-state index contributed by atoms with van der Waals surface area (Å²) in [5, 5.41) is 0. The second-order valence-electron chi connectivity index (χ2n) is 6.41. The summed E-state index contributed by atoms with van der Waals surface area (Å²) in [4.78, 5) is 17.1. The topological polar surface area (TPSA) is 23.6 Å². The van der Waals surface area contributed by atoms with Crippen molar-refractivity contribution in [3.63, 3.8) is 0 Å². The monoisotopic (exact) mass is 286 g/mol. The minimum absolute atomic E-state index is 0.342. The summed E-state index contributed by atoms with van der Waals surface area (Å²) >= 11 is 0. The van der Waals surface area contributed by atoms with Gasteiger partial charge in [-0.2, -0.15) is 0 Å². The minimum Gasteiger partial charge on any atom is -0.337 e. The molecule has 3 heteroatoms. The van der Waals surface area contributed by atoms with E-state index in [1.807, 2.05) is 0 Å². The van der Waals surface area contributed by atoms with Crippen molar-refractivity contribution in [1.82, 2.24) is 9.80 Å². The Balaban J connectivity index is 1.70. The molecule has 2 aliphatic rings. The van der Waals surface area contributed by atoms with E-state index < -0.39 is 0 Å². The fourth-order valence-corrected chi connectivity index (χ4v) is 3.40. The van der Waals surface area contributed by atoms with E-state index >= 15 is 0 Å². The minimum atomic E-state index is 0.342. The normalized spacial score (nSPS) is 23.3. The van der Waals surface area contributed by atoms with E-state index in [0.29, 0.717) is 18.4 Å². The van der Waals surface area contributed by atoms with Crippen LogP contribution in [0.2, 0.25) is 0 Å². The summed E-state index contributed by atoms with van der Waals surface area (Å²) in [6.07, 6.45) is 5.32. The molecule has 1 heterocycles. The summed E-state index contributed by atoms with van der Waals surface area (Å²) in [7, 11) is 0. The molecule has 0 aromatic heterocycles. The van der Waals surface area contributed by atoms with Crippen molar-refractivity contribution in [1.29, 1.82) is 0 Å². The molecule has 1 aliphatic heterocycles. The average Bonchev–Trinajstić information content (AvgIpc) is 3.33.